The van der Waals surface area contributed by atoms with E-state index in [4.69, 9.17) is 5.73 Å². The van der Waals surface area contributed by atoms with E-state index < -0.39 is 6.10 Å². The zero-order valence-electron chi connectivity index (χ0n) is 7.31. The highest BCUT2D eigenvalue weighted by Gasteiger charge is 2.10. The molecule has 0 aromatic carbocycles. The van der Waals surface area contributed by atoms with Gasteiger partial charge in [-0.2, -0.15) is 9.90 Å². The first-order valence-corrected chi connectivity index (χ1v) is 3.93. The minimum atomic E-state index is -0.420. The summed E-state index contributed by atoms with van der Waals surface area (Å²) < 4.78 is 0. The smallest absolute Gasteiger partial charge is 0.165 e. The van der Waals surface area contributed by atoms with Crippen molar-refractivity contribution in [1.82, 2.24) is 15.0 Å². The van der Waals surface area contributed by atoms with Crippen molar-refractivity contribution in [3.05, 3.63) is 6.20 Å². The first-order chi connectivity index (χ1) is 5.59. The van der Waals surface area contributed by atoms with Crippen molar-refractivity contribution in [2.75, 3.05) is 5.73 Å². The largest absolute Gasteiger partial charge is 0.391 e. The molecule has 0 saturated carbocycles. The Hall–Kier alpha value is -1.10. The Balaban J connectivity index is 2.52. The highest BCUT2D eigenvalue weighted by molar-refractivity contribution is 5.19. The van der Waals surface area contributed by atoms with Crippen LogP contribution in [0.2, 0.25) is 0 Å². The minimum absolute atomic E-state index is 0.206. The average molecular weight is 170 g/mol. The summed E-state index contributed by atoms with van der Waals surface area (Å²) in [7, 11) is 0. The monoisotopic (exact) mass is 170 g/mol. The molecule has 1 rings (SSSR count). The summed E-state index contributed by atoms with van der Waals surface area (Å²) in [5, 5.41) is 17.2. The number of hydrogen-bond donors (Lipinski definition) is 2. The predicted molar refractivity (Wildman–Crippen MR) is 45.3 cm³/mol. The number of hydrogen-bond acceptors (Lipinski definition) is 4. The Bertz CT molecular complexity index is 245. The lowest BCUT2D eigenvalue weighted by atomic mass is 10.1. The molecular weight excluding hydrogens is 156 g/mol. The summed E-state index contributed by atoms with van der Waals surface area (Å²) >= 11 is 0. The maximum atomic E-state index is 9.45. The topological polar surface area (TPSA) is 77.0 Å². The molecule has 0 bridgehead atoms. The van der Waals surface area contributed by atoms with Gasteiger partial charge in [0, 0.05) is 0 Å². The maximum absolute atomic E-state index is 9.45. The average Bonchev–Trinajstić information content (AvgIpc) is 2.35. The van der Waals surface area contributed by atoms with Gasteiger partial charge in [0.15, 0.2) is 5.82 Å². The molecule has 0 saturated heterocycles. The standard InChI is InChI=1S/C7H14N4O/c1-5(2)6(12)4-11-9-3-7(8)10-11/h3,5-6,12H,4H2,1-2H3,(H2,8,10). The van der Waals surface area contributed by atoms with Crippen molar-refractivity contribution in [1.29, 1.82) is 0 Å². The molecule has 0 aliphatic rings. The molecule has 0 aliphatic heterocycles. The molecule has 1 heterocycles. The van der Waals surface area contributed by atoms with E-state index in [2.05, 4.69) is 10.2 Å². The highest BCUT2D eigenvalue weighted by atomic mass is 16.3. The lowest BCUT2D eigenvalue weighted by Gasteiger charge is -2.12. The van der Waals surface area contributed by atoms with Gasteiger partial charge < -0.3 is 10.8 Å². The fourth-order valence-electron chi connectivity index (χ4n) is 0.777. The number of nitrogens with zero attached hydrogens (tertiary/aromatic N) is 3. The minimum Gasteiger partial charge on any atom is -0.391 e. The van der Waals surface area contributed by atoms with Gasteiger partial charge in [0.05, 0.1) is 18.8 Å². The molecule has 0 fully saturated rings. The second kappa shape index (κ2) is 3.53. The molecule has 3 N–H and O–H groups in total. The van der Waals surface area contributed by atoms with Crippen LogP contribution in [0.15, 0.2) is 6.20 Å². The van der Waals surface area contributed by atoms with Crippen molar-refractivity contribution >= 4 is 5.82 Å². The first kappa shape index (κ1) is 8.99. The summed E-state index contributed by atoms with van der Waals surface area (Å²) in [6.07, 6.45) is 1.05. The van der Waals surface area contributed by atoms with Crippen LogP contribution in [-0.4, -0.2) is 26.2 Å². The van der Waals surface area contributed by atoms with Crippen LogP contribution in [0.3, 0.4) is 0 Å². The van der Waals surface area contributed by atoms with Gasteiger partial charge in [-0.1, -0.05) is 13.8 Å². The van der Waals surface area contributed by atoms with Gasteiger partial charge in [0.1, 0.15) is 0 Å². The molecule has 1 unspecified atom stereocenters. The van der Waals surface area contributed by atoms with Gasteiger partial charge in [-0.15, -0.1) is 5.10 Å². The van der Waals surface area contributed by atoms with E-state index >= 15 is 0 Å². The van der Waals surface area contributed by atoms with Crippen LogP contribution in [0.25, 0.3) is 0 Å². The molecule has 1 aromatic heterocycles. The van der Waals surface area contributed by atoms with Gasteiger partial charge in [-0.05, 0) is 5.92 Å². The predicted octanol–water partition coefficient (Wildman–Crippen LogP) is -0.123. The molecule has 0 amide bonds. The summed E-state index contributed by atoms with van der Waals surface area (Å²) in [4.78, 5) is 1.40. The fourth-order valence-corrected chi connectivity index (χ4v) is 0.777. The van der Waals surface area contributed by atoms with Crippen LogP contribution >= 0.6 is 0 Å². The van der Waals surface area contributed by atoms with Crippen LogP contribution in [0.4, 0.5) is 5.82 Å². The Morgan fingerprint density at radius 2 is 2.33 bits per heavy atom. The normalized spacial score (nSPS) is 13.7. The van der Waals surface area contributed by atoms with E-state index in [-0.39, 0.29) is 5.92 Å². The van der Waals surface area contributed by atoms with E-state index in [1.54, 1.807) is 0 Å². The number of nitrogen functional groups attached to an aromatic ring is 1. The third-order valence-electron chi connectivity index (χ3n) is 1.67. The van der Waals surface area contributed by atoms with Crippen molar-refractivity contribution in [2.24, 2.45) is 5.92 Å². The number of aromatic nitrogens is 3. The first-order valence-electron chi connectivity index (χ1n) is 3.93. The highest BCUT2D eigenvalue weighted by Crippen LogP contribution is 2.03. The number of aliphatic hydroxyl groups is 1. The van der Waals surface area contributed by atoms with Crippen molar-refractivity contribution in [2.45, 2.75) is 26.5 Å². The van der Waals surface area contributed by atoms with Gasteiger partial charge in [-0.25, -0.2) is 0 Å². The maximum Gasteiger partial charge on any atom is 0.165 e. The molecule has 68 valence electrons. The summed E-state index contributed by atoms with van der Waals surface area (Å²) in [5.41, 5.74) is 5.35. The van der Waals surface area contributed by atoms with Crippen molar-refractivity contribution in [3.8, 4) is 0 Å². The lowest BCUT2D eigenvalue weighted by molar-refractivity contribution is 0.0981. The SMILES string of the molecule is CC(C)C(O)Cn1ncc(N)n1. The van der Waals surface area contributed by atoms with Crippen molar-refractivity contribution < 1.29 is 5.11 Å². The van der Waals surface area contributed by atoms with Crippen LogP contribution in [-0.2, 0) is 6.54 Å². The Morgan fingerprint density at radius 3 is 2.75 bits per heavy atom. The molecule has 1 aromatic rings. The molecule has 0 spiro atoms. The van der Waals surface area contributed by atoms with Gasteiger partial charge in [0.25, 0.3) is 0 Å². The van der Waals surface area contributed by atoms with E-state index in [0.717, 1.165) is 0 Å². The summed E-state index contributed by atoms with van der Waals surface area (Å²) in [6, 6.07) is 0. The van der Waals surface area contributed by atoms with E-state index in [1.165, 1.54) is 11.0 Å². The summed E-state index contributed by atoms with van der Waals surface area (Å²) in [6.45, 7) is 4.28. The van der Waals surface area contributed by atoms with Crippen LogP contribution < -0.4 is 5.73 Å². The Kier molecular flexibility index (Phi) is 2.65. The van der Waals surface area contributed by atoms with E-state index in [1.807, 2.05) is 13.8 Å². The van der Waals surface area contributed by atoms with Crippen LogP contribution in [0, 0.1) is 5.92 Å². The third kappa shape index (κ3) is 2.20. The molecular formula is C7H14N4O. The van der Waals surface area contributed by atoms with Crippen LogP contribution in [0.1, 0.15) is 13.8 Å². The summed E-state index contributed by atoms with van der Waals surface area (Å²) in [5.74, 6) is 0.586. The lowest BCUT2D eigenvalue weighted by Crippen LogP contribution is -2.23. The van der Waals surface area contributed by atoms with E-state index in [9.17, 15) is 5.11 Å². The number of anilines is 1. The second-order valence-electron chi connectivity index (χ2n) is 3.14. The van der Waals surface area contributed by atoms with E-state index in [0.29, 0.717) is 12.4 Å². The molecule has 0 aliphatic carbocycles. The van der Waals surface area contributed by atoms with Crippen molar-refractivity contribution in [3.63, 3.8) is 0 Å². The van der Waals surface area contributed by atoms with Gasteiger partial charge >= 0.3 is 0 Å². The van der Waals surface area contributed by atoms with Crippen LogP contribution in [0.5, 0.6) is 0 Å². The quantitative estimate of drug-likeness (QED) is 0.663. The number of aliphatic hydroxyl groups excluding tert-OH is 1. The molecule has 5 heteroatoms. The Morgan fingerprint density at radius 1 is 1.67 bits per heavy atom. The third-order valence-corrected chi connectivity index (χ3v) is 1.67. The number of nitrogens with two attached hydrogens (primary N) is 1. The van der Waals surface area contributed by atoms with Gasteiger partial charge in [-0.3, -0.25) is 0 Å². The Labute approximate surface area is 71.2 Å². The molecule has 5 nitrogen and oxygen atoms in total. The molecule has 12 heavy (non-hydrogen) atoms. The number of rotatable bonds is 3. The van der Waals surface area contributed by atoms with Gasteiger partial charge in [0.2, 0.25) is 0 Å². The zero-order valence-corrected chi connectivity index (χ0v) is 7.31. The zero-order chi connectivity index (χ0) is 9.14. The molecule has 0 radical (unpaired) electrons. The second-order valence-corrected chi connectivity index (χ2v) is 3.14. The molecule has 1 atom stereocenters. The fraction of sp³-hybridized carbons (Fsp3) is 0.714.